The number of Topliss-reactive ketones (excluding diaryl/α,β-unsaturated/α-hetero) is 1. The number of hydrogen-bond donors (Lipinski definition) is 0. The van der Waals surface area contributed by atoms with Crippen LogP contribution < -0.4 is 0 Å². The van der Waals surface area contributed by atoms with Crippen molar-refractivity contribution in [1.29, 1.82) is 0 Å². The number of nitrogens with zero attached hydrogens (tertiary/aromatic N) is 4. The van der Waals surface area contributed by atoms with Gasteiger partial charge in [-0.2, -0.15) is 0 Å². The summed E-state index contributed by atoms with van der Waals surface area (Å²) in [6.45, 7) is 10.5. The maximum atomic E-state index is 12.3. The molecule has 1 aliphatic heterocycles. The molecule has 1 aromatic carbocycles. The lowest BCUT2D eigenvalue weighted by molar-refractivity contribution is -0.128. The van der Waals surface area contributed by atoms with E-state index in [-0.39, 0.29) is 17.7 Å². The summed E-state index contributed by atoms with van der Waals surface area (Å²) in [6.07, 6.45) is 6.13. The molecule has 0 saturated carbocycles. The summed E-state index contributed by atoms with van der Waals surface area (Å²) in [6, 6.07) is 7.97. The average Bonchev–Trinajstić information content (AvgIpc) is 3.19. The van der Waals surface area contributed by atoms with Crippen LogP contribution in [0.15, 0.2) is 42.6 Å². The van der Waals surface area contributed by atoms with E-state index in [0.717, 1.165) is 30.4 Å². The van der Waals surface area contributed by atoms with E-state index in [9.17, 15) is 9.59 Å². The molecule has 0 spiro atoms. The van der Waals surface area contributed by atoms with Crippen LogP contribution in [0.5, 0.6) is 0 Å². The van der Waals surface area contributed by atoms with E-state index in [0.29, 0.717) is 18.8 Å². The van der Waals surface area contributed by atoms with Crippen molar-refractivity contribution in [3.63, 3.8) is 0 Å². The van der Waals surface area contributed by atoms with Crippen molar-refractivity contribution in [2.45, 2.75) is 46.7 Å². The highest BCUT2D eigenvalue weighted by atomic mass is 35.5. The largest absolute Gasteiger partial charge is 0.330 e. The number of carbonyl (C=O) groups is 2. The van der Waals surface area contributed by atoms with Gasteiger partial charge in [0.15, 0.2) is 5.78 Å². The van der Waals surface area contributed by atoms with Crippen LogP contribution in [0, 0.1) is 0 Å². The molecule has 1 aromatic heterocycles. The topological polar surface area (TPSA) is 58.4 Å². The van der Waals surface area contributed by atoms with Crippen LogP contribution in [0.25, 0.3) is 0 Å². The van der Waals surface area contributed by atoms with Crippen molar-refractivity contribution in [1.82, 2.24) is 19.4 Å². The van der Waals surface area contributed by atoms with Crippen LogP contribution >= 0.6 is 11.6 Å². The van der Waals surface area contributed by atoms with Gasteiger partial charge >= 0.3 is 0 Å². The summed E-state index contributed by atoms with van der Waals surface area (Å²) in [4.78, 5) is 32.1. The number of imidazole rings is 1. The first-order valence-electron chi connectivity index (χ1n) is 10.7. The number of amides is 1. The van der Waals surface area contributed by atoms with E-state index in [1.165, 1.54) is 5.56 Å². The number of fused-ring (bicyclic) bond motifs is 1. The third-order valence-corrected chi connectivity index (χ3v) is 5.73. The molecule has 168 valence electrons. The minimum absolute atomic E-state index is 0.00465. The third-order valence-electron chi connectivity index (χ3n) is 5.36. The van der Waals surface area contributed by atoms with Crippen molar-refractivity contribution in [2.75, 3.05) is 26.7 Å². The van der Waals surface area contributed by atoms with Gasteiger partial charge in [-0.25, -0.2) is 4.98 Å². The number of hydrogen-bond acceptors (Lipinski definition) is 4. The second kappa shape index (κ2) is 11.8. The number of benzene rings is 1. The quantitative estimate of drug-likeness (QED) is 0.489. The predicted octanol–water partition coefficient (Wildman–Crippen LogP) is 4.40. The molecular weight excluding hydrogens is 412 g/mol. The molecule has 1 unspecified atom stereocenters. The number of ketones is 1. The molecule has 0 aliphatic carbocycles. The fourth-order valence-corrected chi connectivity index (χ4v) is 3.69. The molecule has 7 heteroatoms. The van der Waals surface area contributed by atoms with E-state index in [1.807, 2.05) is 48.9 Å². The number of aromatic nitrogens is 2. The van der Waals surface area contributed by atoms with Crippen molar-refractivity contribution in [3.05, 3.63) is 64.7 Å². The Morgan fingerprint density at radius 3 is 2.58 bits per heavy atom. The van der Waals surface area contributed by atoms with Crippen LogP contribution in [0.1, 0.15) is 55.6 Å². The smallest absolute Gasteiger partial charge is 0.246 e. The molecule has 2 heterocycles. The number of aryl methyl sites for hydroxylation is 1. The maximum absolute atomic E-state index is 12.3. The molecule has 31 heavy (non-hydrogen) atoms. The van der Waals surface area contributed by atoms with Crippen LogP contribution in [-0.2, 0) is 17.8 Å². The van der Waals surface area contributed by atoms with Gasteiger partial charge in [0.2, 0.25) is 5.91 Å². The molecule has 0 bridgehead atoms. The number of halogens is 1. The predicted molar refractivity (Wildman–Crippen MR) is 126 cm³/mol. The van der Waals surface area contributed by atoms with Crippen LogP contribution in [0.2, 0.25) is 5.02 Å². The van der Waals surface area contributed by atoms with Gasteiger partial charge in [0.25, 0.3) is 0 Å². The molecular formula is C24H33ClN4O2. The molecule has 1 aliphatic rings. The Hall–Kier alpha value is -2.44. The van der Waals surface area contributed by atoms with Crippen molar-refractivity contribution in [2.24, 2.45) is 0 Å². The minimum Gasteiger partial charge on any atom is -0.330 e. The Morgan fingerprint density at radius 2 is 2.00 bits per heavy atom. The van der Waals surface area contributed by atoms with Crippen molar-refractivity contribution >= 4 is 23.3 Å². The highest BCUT2D eigenvalue weighted by molar-refractivity contribution is 6.31. The van der Waals surface area contributed by atoms with Crippen LogP contribution in [0.3, 0.4) is 0 Å². The zero-order valence-electron chi connectivity index (χ0n) is 19.1. The second-order valence-electron chi connectivity index (χ2n) is 7.76. The molecule has 2 aromatic rings. The summed E-state index contributed by atoms with van der Waals surface area (Å²) in [5.74, 6) is 0.777. The first kappa shape index (κ1) is 24.8. The van der Waals surface area contributed by atoms with Gasteiger partial charge < -0.3 is 14.4 Å². The van der Waals surface area contributed by atoms with Crippen molar-refractivity contribution in [3.8, 4) is 0 Å². The fraction of sp³-hybridized carbons (Fsp3) is 0.458. The van der Waals surface area contributed by atoms with E-state index in [2.05, 4.69) is 23.7 Å². The number of carbonyl (C=O) groups excluding carboxylic acids is 2. The molecule has 0 radical (unpaired) electrons. The Kier molecular flexibility index (Phi) is 9.46. The summed E-state index contributed by atoms with van der Waals surface area (Å²) in [7, 11) is 2.01. The van der Waals surface area contributed by atoms with Gasteiger partial charge in [-0.15, -0.1) is 0 Å². The summed E-state index contributed by atoms with van der Waals surface area (Å²) >= 11 is 5.82. The lowest BCUT2D eigenvalue weighted by Crippen LogP contribution is -2.40. The molecule has 3 rings (SSSR count). The highest BCUT2D eigenvalue weighted by Gasteiger charge is 2.28. The molecule has 0 fully saturated rings. The second-order valence-corrected chi connectivity index (χ2v) is 8.16. The average molecular weight is 445 g/mol. The van der Waals surface area contributed by atoms with Gasteiger partial charge in [-0.05, 0) is 38.6 Å². The summed E-state index contributed by atoms with van der Waals surface area (Å²) in [5.41, 5.74) is 1.84. The first-order chi connectivity index (χ1) is 14.8. The zero-order valence-corrected chi connectivity index (χ0v) is 19.9. The number of rotatable bonds is 6. The Morgan fingerprint density at radius 1 is 1.29 bits per heavy atom. The maximum Gasteiger partial charge on any atom is 0.246 e. The van der Waals surface area contributed by atoms with Crippen LogP contribution in [-0.4, -0.2) is 57.7 Å². The Balaban J connectivity index is 0.000000316. The van der Waals surface area contributed by atoms with Gasteiger partial charge in [-0.3, -0.25) is 9.59 Å². The fourth-order valence-electron chi connectivity index (χ4n) is 3.43. The SMILES string of the molecule is CCN(C)C/C=C/C(=O)N1Cc2ncc(C(C)=O)n2C(C)C1.CCc1ccccc1Cl. The van der Waals surface area contributed by atoms with Crippen LogP contribution in [0.4, 0.5) is 0 Å². The molecule has 1 amide bonds. The van der Waals surface area contributed by atoms with E-state index in [1.54, 1.807) is 24.1 Å². The van der Waals surface area contributed by atoms with E-state index < -0.39 is 0 Å². The molecule has 0 N–H and O–H groups in total. The zero-order chi connectivity index (χ0) is 23.0. The summed E-state index contributed by atoms with van der Waals surface area (Å²) < 4.78 is 1.95. The molecule has 6 nitrogen and oxygen atoms in total. The van der Waals surface area contributed by atoms with Gasteiger partial charge in [-0.1, -0.05) is 49.7 Å². The standard InChI is InChI=1S/C16H24N4O2.C8H9Cl/c1-5-18(4)8-6-7-16(22)19-10-12(2)20-14(13(3)21)9-17-15(20)11-19;1-2-7-5-3-4-6-8(7)9/h6-7,9,12H,5,8,10-11H2,1-4H3;3-6H,2H2,1H3/b7-6+;. The third kappa shape index (κ3) is 6.77. The van der Waals surface area contributed by atoms with Crippen molar-refractivity contribution < 1.29 is 9.59 Å². The monoisotopic (exact) mass is 444 g/mol. The number of likely N-dealkylation sites (N-methyl/N-ethyl adjacent to an activating group) is 1. The van der Waals surface area contributed by atoms with Gasteiger partial charge in [0, 0.05) is 31.1 Å². The van der Waals surface area contributed by atoms with E-state index in [4.69, 9.17) is 11.6 Å². The molecule has 1 atom stereocenters. The molecule has 0 saturated heterocycles. The summed E-state index contributed by atoms with van der Waals surface area (Å²) in [5, 5.41) is 0.875. The Bertz CT molecular complexity index is 922. The van der Waals surface area contributed by atoms with Gasteiger partial charge in [0.1, 0.15) is 11.5 Å². The highest BCUT2D eigenvalue weighted by Crippen LogP contribution is 2.23. The lowest BCUT2D eigenvalue weighted by atomic mass is 10.2. The minimum atomic E-state index is -0.00465. The lowest BCUT2D eigenvalue weighted by Gasteiger charge is -2.32. The Labute approximate surface area is 190 Å². The normalized spacial score (nSPS) is 15.6. The first-order valence-corrected chi connectivity index (χ1v) is 11.1. The van der Waals surface area contributed by atoms with E-state index >= 15 is 0 Å². The van der Waals surface area contributed by atoms with Gasteiger partial charge in [0.05, 0.1) is 18.8 Å².